The maximum absolute atomic E-state index is 4.14. The Morgan fingerprint density at radius 3 is 2.73 bits per heavy atom. The summed E-state index contributed by atoms with van der Waals surface area (Å²) in [4.78, 5) is 4.14. The quantitative estimate of drug-likeness (QED) is 0.596. The smallest absolute Gasteiger partial charge is 0.179 e. The van der Waals surface area contributed by atoms with Crippen LogP contribution in [0.25, 0.3) is 16.9 Å². The first-order chi connectivity index (χ1) is 7.45. The molecule has 0 aliphatic rings. The molecule has 72 valence electrons. The number of rotatable bonds is 1. The fraction of sp³-hybridized carbons (Fsp3) is 0. The van der Waals surface area contributed by atoms with E-state index in [1.165, 1.54) is 0 Å². The molecule has 0 aliphatic heterocycles. The normalized spacial score (nSPS) is 10.7. The molecule has 0 spiro atoms. The van der Waals surface area contributed by atoms with Gasteiger partial charge in [0.05, 0.1) is 18.1 Å². The van der Waals surface area contributed by atoms with Crippen molar-refractivity contribution in [3.05, 3.63) is 49.1 Å². The first kappa shape index (κ1) is 8.11. The van der Waals surface area contributed by atoms with Crippen molar-refractivity contribution in [1.29, 1.82) is 0 Å². The van der Waals surface area contributed by atoms with Crippen LogP contribution in [0, 0.1) is 0 Å². The Labute approximate surface area is 86.2 Å². The zero-order valence-corrected chi connectivity index (χ0v) is 7.91. The van der Waals surface area contributed by atoms with Crippen LogP contribution < -0.4 is 0 Å². The molecule has 0 saturated heterocycles. The van der Waals surface area contributed by atoms with Crippen LogP contribution in [0.3, 0.4) is 0 Å². The van der Waals surface area contributed by atoms with Gasteiger partial charge in [-0.2, -0.15) is 0 Å². The number of hydrogen-bond acceptors (Lipinski definition) is 3. The van der Waals surface area contributed by atoms with Crippen LogP contribution in [0.4, 0.5) is 0 Å². The van der Waals surface area contributed by atoms with E-state index in [1.807, 2.05) is 40.9 Å². The second-order valence-electron chi connectivity index (χ2n) is 3.22. The van der Waals surface area contributed by atoms with Gasteiger partial charge in [0.25, 0.3) is 0 Å². The molecule has 2 heterocycles. The van der Waals surface area contributed by atoms with Crippen LogP contribution in [-0.2, 0) is 0 Å². The van der Waals surface area contributed by atoms with Crippen LogP contribution in [0.1, 0.15) is 0 Å². The Bertz CT molecular complexity index is 586. The summed E-state index contributed by atoms with van der Waals surface area (Å²) in [6.07, 6.45) is 5.20. The topological polar surface area (TPSA) is 43.1 Å². The molecule has 0 radical (unpaired) electrons. The summed E-state index contributed by atoms with van der Waals surface area (Å²) < 4.78 is 1.92. The van der Waals surface area contributed by atoms with Crippen molar-refractivity contribution in [3.63, 3.8) is 0 Å². The molecule has 0 unspecified atom stereocenters. The first-order valence-electron chi connectivity index (χ1n) is 4.64. The maximum atomic E-state index is 4.14. The van der Waals surface area contributed by atoms with E-state index in [1.54, 1.807) is 12.5 Å². The van der Waals surface area contributed by atoms with Crippen molar-refractivity contribution in [3.8, 4) is 11.3 Å². The van der Waals surface area contributed by atoms with Crippen molar-refractivity contribution in [2.45, 2.75) is 0 Å². The van der Waals surface area contributed by atoms with E-state index in [-0.39, 0.29) is 0 Å². The molecule has 0 atom stereocenters. The molecule has 15 heavy (non-hydrogen) atoms. The number of nitrogens with zero attached hydrogens (tertiary/aromatic N) is 4. The van der Waals surface area contributed by atoms with E-state index < -0.39 is 0 Å². The molecule has 0 aliphatic carbocycles. The highest BCUT2D eigenvalue weighted by Crippen LogP contribution is 2.17. The molecule has 0 N–H and O–H groups in total. The van der Waals surface area contributed by atoms with Crippen LogP contribution in [0.2, 0.25) is 0 Å². The average Bonchev–Trinajstić information content (AvgIpc) is 2.78. The van der Waals surface area contributed by atoms with Crippen molar-refractivity contribution in [1.82, 2.24) is 19.6 Å². The van der Waals surface area contributed by atoms with Crippen LogP contribution in [-0.4, -0.2) is 19.6 Å². The summed E-state index contributed by atoms with van der Waals surface area (Å²) in [6, 6.07) is 10.1. The van der Waals surface area contributed by atoms with Gasteiger partial charge in [-0.15, -0.1) is 10.2 Å². The molecular formula is C11H8N4. The molecule has 0 amide bonds. The van der Waals surface area contributed by atoms with E-state index in [9.17, 15) is 0 Å². The van der Waals surface area contributed by atoms with E-state index in [2.05, 4.69) is 15.2 Å². The SMILES string of the molecule is c1ccc(-c2cncc3nncn23)cc1. The fourth-order valence-electron chi connectivity index (χ4n) is 1.58. The van der Waals surface area contributed by atoms with Crippen molar-refractivity contribution >= 4 is 5.65 Å². The standard InChI is InChI=1S/C11H8N4/c1-2-4-9(5-3-1)10-6-12-7-11-14-13-8-15(10)11/h1-8H. The third-order valence-electron chi connectivity index (χ3n) is 2.29. The molecule has 3 rings (SSSR count). The number of benzene rings is 1. The molecule has 4 heteroatoms. The average molecular weight is 196 g/mol. The van der Waals surface area contributed by atoms with Crippen LogP contribution in [0.15, 0.2) is 49.1 Å². The molecule has 1 aromatic carbocycles. The Balaban J connectivity index is 2.31. The van der Waals surface area contributed by atoms with Crippen molar-refractivity contribution in [2.75, 3.05) is 0 Å². The van der Waals surface area contributed by atoms with Crippen molar-refractivity contribution in [2.24, 2.45) is 0 Å². The van der Waals surface area contributed by atoms with Gasteiger partial charge in [0.2, 0.25) is 0 Å². The lowest BCUT2D eigenvalue weighted by atomic mass is 10.2. The molecule has 0 bridgehead atoms. The van der Waals surface area contributed by atoms with Gasteiger partial charge in [-0.1, -0.05) is 30.3 Å². The second-order valence-corrected chi connectivity index (χ2v) is 3.22. The zero-order valence-electron chi connectivity index (χ0n) is 7.91. The summed E-state index contributed by atoms with van der Waals surface area (Å²) in [6.45, 7) is 0. The van der Waals surface area contributed by atoms with E-state index in [0.29, 0.717) is 0 Å². The molecule has 0 fully saturated rings. The van der Waals surface area contributed by atoms with Gasteiger partial charge < -0.3 is 0 Å². The van der Waals surface area contributed by atoms with E-state index in [0.717, 1.165) is 16.9 Å². The van der Waals surface area contributed by atoms with E-state index >= 15 is 0 Å². The Morgan fingerprint density at radius 2 is 1.87 bits per heavy atom. The van der Waals surface area contributed by atoms with Gasteiger partial charge in [0.1, 0.15) is 6.33 Å². The fourth-order valence-corrected chi connectivity index (χ4v) is 1.58. The summed E-state index contributed by atoms with van der Waals surface area (Å²) in [5.41, 5.74) is 2.87. The third-order valence-corrected chi connectivity index (χ3v) is 2.29. The predicted molar refractivity (Wildman–Crippen MR) is 56.2 cm³/mol. The summed E-state index contributed by atoms with van der Waals surface area (Å²) in [7, 11) is 0. The van der Waals surface area contributed by atoms with Crippen LogP contribution >= 0.6 is 0 Å². The highest BCUT2D eigenvalue weighted by molar-refractivity contribution is 5.61. The van der Waals surface area contributed by atoms with E-state index in [4.69, 9.17) is 0 Å². The summed E-state index contributed by atoms with van der Waals surface area (Å²) in [5, 5.41) is 7.82. The number of hydrogen-bond donors (Lipinski definition) is 0. The van der Waals surface area contributed by atoms with Crippen LogP contribution in [0.5, 0.6) is 0 Å². The Hall–Kier alpha value is -2.23. The minimum atomic E-state index is 0.761. The lowest BCUT2D eigenvalue weighted by Gasteiger charge is -2.02. The highest BCUT2D eigenvalue weighted by atomic mass is 15.2. The molecular weight excluding hydrogens is 188 g/mol. The molecule has 2 aromatic heterocycles. The number of fused-ring (bicyclic) bond motifs is 1. The first-order valence-corrected chi connectivity index (χ1v) is 4.64. The van der Waals surface area contributed by atoms with Gasteiger partial charge in [-0.05, 0) is 0 Å². The van der Waals surface area contributed by atoms with Gasteiger partial charge in [-0.3, -0.25) is 9.38 Å². The zero-order chi connectivity index (χ0) is 10.1. The second kappa shape index (κ2) is 3.16. The minimum absolute atomic E-state index is 0.761. The molecule has 3 aromatic rings. The Kier molecular flexibility index (Phi) is 1.71. The molecule has 4 nitrogen and oxygen atoms in total. The minimum Gasteiger partial charge on any atom is -0.279 e. The lowest BCUT2D eigenvalue weighted by molar-refractivity contribution is 1.10. The van der Waals surface area contributed by atoms with Gasteiger partial charge >= 0.3 is 0 Å². The highest BCUT2D eigenvalue weighted by Gasteiger charge is 2.03. The summed E-state index contributed by atoms with van der Waals surface area (Å²) in [5.74, 6) is 0. The Morgan fingerprint density at radius 1 is 1.00 bits per heavy atom. The third kappa shape index (κ3) is 1.27. The lowest BCUT2D eigenvalue weighted by Crippen LogP contribution is -1.91. The van der Waals surface area contributed by atoms with Gasteiger partial charge in [-0.25, -0.2) is 0 Å². The number of aromatic nitrogens is 4. The van der Waals surface area contributed by atoms with Crippen molar-refractivity contribution < 1.29 is 0 Å². The largest absolute Gasteiger partial charge is 0.279 e. The van der Waals surface area contributed by atoms with Gasteiger partial charge in [0.15, 0.2) is 5.65 Å². The molecule has 0 saturated carbocycles. The summed E-state index contributed by atoms with van der Waals surface area (Å²) >= 11 is 0. The monoisotopic (exact) mass is 196 g/mol. The maximum Gasteiger partial charge on any atom is 0.179 e. The predicted octanol–water partition coefficient (Wildman–Crippen LogP) is 1.79. The van der Waals surface area contributed by atoms with Gasteiger partial charge in [0, 0.05) is 5.56 Å².